The largest absolute Gasteiger partial charge is 0.330 e. The van der Waals surface area contributed by atoms with Crippen molar-refractivity contribution in [2.24, 2.45) is 5.73 Å². The fourth-order valence-corrected chi connectivity index (χ4v) is 2.91. The molecule has 12 heavy (non-hydrogen) atoms. The first-order chi connectivity index (χ1) is 5.84. The summed E-state index contributed by atoms with van der Waals surface area (Å²) in [5.74, 6) is 0.787. The minimum Gasteiger partial charge on any atom is -0.330 e. The Kier molecular flexibility index (Phi) is 4.54. The van der Waals surface area contributed by atoms with Gasteiger partial charge in [0.2, 0.25) is 0 Å². The van der Waals surface area contributed by atoms with Crippen molar-refractivity contribution in [3.05, 3.63) is 12.2 Å². The van der Waals surface area contributed by atoms with Crippen LogP contribution in [0.3, 0.4) is 0 Å². The molecule has 2 unspecified atom stereocenters. The summed E-state index contributed by atoms with van der Waals surface area (Å²) >= 11 is 0. The Balaban J connectivity index is 2.26. The van der Waals surface area contributed by atoms with Crippen molar-refractivity contribution in [2.45, 2.75) is 30.9 Å². The summed E-state index contributed by atoms with van der Waals surface area (Å²) < 4.78 is 11.6. The molecule has 0 spiro atoms. The second kappa shape index (κ2) is 5.49. The van der Waals surface area contributed by atoms with Crippen LogP contribution in [0.25, 0.3) is 0 Å². The number of hydrogen-bond donors (Lipinski definition) is 1. The molecule has 0 aromatic carbocycles. The standard InChI is InChI=1S/C9H17NOS/c10-7-4-8-12(11)9-5-2-1-3-6-9/h1-2,9H,3-8,10H2. The molecule has 2 nitrogen and oxygen atoms in total. The number of allylic oxidation sites excluding steroid dienone is 2. The van der Waals surface area contributed by atoms with Crippen molar-refractivity contribution in [1.29, 1.82) is 0 Å². The van der Waals surface area contributed by atoms with Gasteiger partial charge in [-0.1, -0.05) is 12.2 Å². The van der Waals surface area contributed by atoms with Gasteiger partial charge in [0.05, 0.1) is 0 Å². The minimum atomic E-state index is -0.638. The Hall–Kier alpha value is -0.150. The zero-order valence-corrected chi connectivity index (χ0v) is 8.19. The maximum absolute atomic E-state index is 11.6. The molecule has 0 heterocycles. The normalized spacial score (nSPS) is 25.6. The van der Waals surface area contributed by atoms with Crippen LogP contribution in [-0.2, 0) is 10.8 Å². The van der Waals surface area contributed by atoms with Gasteiger partial charge in [-0.15, -0.1) is 0 Å². The van der Waals surface area contributed by atoms with Gasteiger partial charge in [-0.05, 0) is 32.2 Å². The summed E-state index contributed by atoms with van der Waals surface area (Å²) in [6.45, 7) is 0.661. The van der Waals surface area contributed by atoms with Crippen LogP contribution in [0.4, 0.5) is 0 Å². The fraction of sp³-hybridized carbons (Fsp3) is 0.778. The molecule has 0 aromatic heterocycles. The van der Waals surface area contributed by atoms with E-state index in [9.17, 15) is 4.21 Å². The van der Waals surface area contributed by atoms with E-state index in [4.69, 9.17) is 5.73 Å². The van der Waals surface area contributed by atoms with Crippen molar-refractivity contribution >= 4 is 10.8 Å². The molecule has 1 rings (SSSR count). The quantitative estimate of drug-likeness (QED) is 0.672. The molecule has 0 aromatic rings. The van der Waals surface area contributed by atoms with E-state index in [1.54, 1.807) is 0 Å². The Bertz CT molecular complexity index is 179. The van der Waals surface area contributed by atoms with E-state index in [2.05, 4.69) is 12.2 Å². The van der Waals surface area contributed by atoms with Crippen LogP contribution in [0.15, 0.2) is 12.2 Å². The summed E-state index contributed by atoms with van der Waals surface area (Å²) in [5, 5.41) is 0.404. The van der Waals surface area contributed by atoms with Crippen LogP contribution in [0.2, 0.25) is 0 Å². The third-order valence-corrected chi connectivity index (χ3v) is 4.01. The first-order valence-electron chi connectivity index (χ1n) is 4.57. The number of hydrogen-bond acceptors (Lipinski definition) is 2. The van der Waals surface area contributed by atoms with Crippen LogP contribution in [0.1, 0.15) is 25.7 Å². The van der Waals surface area contributed by atoms with Crippen molar-refractivity contribution in [3.63, 3.8) is 0 Å². The average molecular weight is 187 g/mol. The van der Waals surface area contributed by atoms with Gasteiger partial charge in [-0.25, -0.2) is 0 Å². The lowest BCUT2D eigenvalue weighted by Crippen LogP contribution is -2.20. The molecular formula is C9H17NOS. The average Bonchev–Trinajstić information content (AvgIpc) is 2.15. The SMILES string of the molecule is NCCCS(=O)C1CC=CCC1. The lowest BCUT2D eigenvalue weighted by molar-refractivity contribution is 0.648. The Morgan fingerprint density at radius 2 is 2.33 bits per heavy atom. The fourth-order valence-electron chi connectivity index (χ4n) is 1.40. The molecule has 0 saturated carbocycles. The Morgan fingerprint density at radius 3 is 2.92 bits per heavy atom. The predicted octanol–water partition coefficient (Wildman–Crippen LogP) is 1.19. The second-order valence-corrected chi connectivity index (χ2v) is 4.97. The maximum atomic E-state index is 11.6. The van der Waals surface area contributed by atoms with E-state index >= 15 is 0 Å². The minimum absolute atomic E-state index is 0.404. The van der Waals surface area contributed by atoms with Crippen LogP contribution in [-0.4, -0.2) is 21.8 Å². The molecule has 2 atom stereocenters. The van der Waals surface area contributed by atoms with Crippen LogP contribution >= 0.6 is 0 Å². The Morgan fingerprint density at radius 1 is 1.50 bits per heavy atom. The van der Waals surface area contributed by atoms with Gasteiger partial charge in [0, 0.05) is 21.8 Å². The van der Waals surface area contributed by atoms with Gasteiger partial charge in [0.15, 0.2) is 0 Å². The van der Waals surface area contributed by atoms with Crippen LogP contribution in [0.5, 0.6) is 0 Å². The zero-order valence-electron chi connectivity index (χ0n) is 7.37. The molecule has 1 aliphatic carbocycles. The first-order valence-corrected chi connectivity index (χ1v) is 5.95. The van der Waals surface area contributed by atoms with Crippen molar-refractivity contribution < 1.29 is 4.21 Å². The maximum Gasteiger partial charge on any atom is 0.0385 e. The Labute approximate surface area is 76.7 Å². The monoisotopic (exact) mass is 187 g/mol. The molecular weight excluding hydrogens is 170 g/mol. The number of nitrogens with two attached hydrogens (primary N) is 1. The smallest absolute Gasteiger partial charge is 0.0385 e. The van der Waals surface area contributed by atoms with Crippen LogP contribution < -0.4 is 5.73 Å². The highest BCUT2D eigenvalue weighted by Crippen LogP contribution is 2.16. The van der Waals surface area contributed by atoms with E-state index < -0.39 is 10.8 Å². The topological polar surface area (TPSA) is 43.1 Å². The van der Waals surface area contributed by atoms with Crippen molar-refractivity contribution in [1.82, 2.24) is 0 Å². The summed E-state index contributed by atoms with van der Waals surface area (Å²) in [6.07, 6.45) is 8.40. The molecule has 0 aliphatic heterocycles. The highest BCUT2D eigenvalue weighted by Gasteiger charge is 2.15. The third kappa shape index (κ3) is 3.07. The van der Waals surface area contributed by atoms with Gasteiger partial charge < -0.3 is 5.73 Å². The predicted molar refractivity (Wildman–Crippen MR) is 53.5 cm³/mol. The molecule has 0 fully saturated rings. The van der Waals surface area contributed by atoms with E-state index in [1.807, 2.05) is 0 Å². The van der Waals surface area contributed by atoms with Gasteiger partial charge in [-0.3, -0.25) is 4.21 Å². The van der Waals surface area contributed by atoms with Gasteiger partial charge in [0.1, 0.15) is 0 Å². The lowest BCUT2D eigenvalue weighted by atomic mass is 10.1. The molecule has 3 heteroatoms. The van der Waals surface area contributed by atoms with E-state index in [0.717, 1.165) is 31.4 Å². The summed E-state index contributed by atoms with van der Waals surface area (Å²) in [7, 11) is -0.638. The first kappa shape index (κ1) is 9.93. The van der Waals surface area contributed by atoms with Gasteiger partial charge in [0.25, 0.3) is 0 Å². The molecule has 0 radical (unpaired) electrons. The van der Waals surface area contributed by atoms with Crippen molar-refractivity contribution in [2.75, 3.05) is 12.3 Å². The summed E-state index contributed by atoms with van der Waals surface area (Å²) in [6, 6.07) is 0. The van der Waals surface area contributed by atoms with Gasteiger partial charge in [-0.2, -0.15) is 0 Å². The van der Waals surface area contributed by atoms with Crippen molar-refractivity contribution in [3.8, 4) is 0 Å². The highest BCUT2D eigenvalue weighted by molar-refractivity contribution is 7.85. The molecule has 70 valence electrons. The molecule has 0 saturated heterocycles. The second-order valence-electron chi connectivity index (χ2n) is 3.13. The molecule has 0 amide bonds. The summed E-state index contributed by atoms with van der Waals surface area (Å²) in [4.78, 5) is 0. The highest BCUT2D eigenvalue weighted by atomic mass is 32.2. The third-order valence-electron chi connectivity index (χ3n) is 2.14. The van der Waals surface area contributed by atoms with Gasteiger partial charge >= 0.3 is 0 Å². The summed E-state index contributed by atoms with van der Waals surface area (Å²) in [5.41, 5.74) is 5.36. The van der Waals surface area contributed by atoms with Crippen LogP contribution in [0, 0.1) is 0 Å². The zero-order chi connectivity index (χ0) is 8.81. The van der Waals surface area contributed by atoms with E-state index in [0.29, 0.717) is 11.8 Å². The van der Waals surface area contributed by atoms with E-state index in [-0.39, 0.29) is 0 Å². The molecule has 1 aliphatic rings. The molecule has 2 N–H and O–H groups in total. The molecule has 0 bridgehead atoms. The van der Waals surface area contributed by atoms with E-state index in [1.165, 1.54) is 0 Å². The lowest BCUT2D eigenvalue weighted by Gasteiger charge is -2.16. The number of rotatable bonds is 4.